The monoisotopic (exact) mass is 415 g/mol. The van der Waals surface area contributed by atoms with Gasteiger partial charge in [-0.3, -0.25) is 9.69 Å². The average molecular weight is 416 g/mol. The molecule has 0 bridgehead atoms. The van der Waals surface area contributed by atoms with Gasteiger partial charge in [0.1, 0.15) is 12.1 Å². The topological polar surface area (TPSA) is 38.8 Å². The molecule has 2 aromatic rings. The Kier molecular flexibility index (Phi) is 6.93. The molecule has 0 radical (unpaired) electrons. The molecule has 1 aliphatic rings. The predicted octanol–water partition coefficient (Wildman–Crippen LogP) is 5.80. The number of para-hydroxylation sites is 1. The Bertz CT molecular complexity index is 1040. The molecule has 0 saturated carbocycles. The largest absolute Gasteiger partial charge is 0.496 e. The van der Waals surface area contributed by atoms with Crippen molar-refractivity contribution in [2.75, 3.05) is 25.2 Å². The summed E-state index contributed by atoms with van der Waals surface area (Å²) in [7, 11) is 1.64. The van der Waals surface area contributed by atoms with Crippen molar-refractivity contribution in [1.29, 1.82) is 0 Å². The summed E-state index contributed by atoms with van der Waals surface area (Å²) in [5.74, 6) is 0.703. The number of rotatable bonds is 9. The van der Waals surface area contributed by atoms with Gasteiger partial charge < -0.3 is 9.47 Å². The summed E-state index contributed by atoms with van der Waals surface area (Å²) >= 11 is 0. The van der Waals surface area contributed by atoms with E-state index < -0.39 is 5.54 Å². The maximum absolute atomic E-state index is 13.6. The van der Waals surface area contributed by atoms with Crippen LogP contribution in [-0.4, -0.2) is 26.2 Å². The lowest BCUT2D eigenvalue weighted by atomic mass is 9.76. The van der Waals surface area contributed by atoms with Gasteiger partial charge in [0.15, 0.2) is 0 Å². The normalized spacial score (nSPS) is 18.7. The molecule has 4 heteroatoms. The zero-order valence-electron chi connectivity index (χ0n) is 18.4. The lowest BCUT2D eigenvalue weighted by Crippen LogP contribution is -2.46. The first-order chi connectivity index (χ1) is 15.0. The predicted molar refractivity (Wildman–Crippen MR) is 126 cm³/mol. The third kappa shape index (κ3) is 3.99. The van der Waals surface area contributed by atoms with E-state index in [0.717, 1.165) is 28.2 Å². The number of benzene rings is 2. The number of hydrogen-bond donors (Lipinski definition) is 0. The van der Waals surface area contributed by atoms with Gasteiger partial charge in [-0.15, -0.1) is 0 Å². The first-order valence-electron chi connectivity index (χ1n) is 10.3. The third-order valence-corrected chi connectivity index (χ3v) is 5.57. The summed E-state index contributed by atoms with van der Waals surface area (Å²) in [5.41, 5.74) is 3.16. The summed E-state index contributed by atoms with van der Waals surface area (Å²) < 4.78 is 10.7. The second-order valence-electron chi connectivity index (χ2n) is 7.43. The molecule has 4 nitrogen and oxygen atoms in total. The summed E-state index contributed by atoms with van der Waals surface area (Å²) in [6.07, 6.45) is 5.63. The maximum Gasteiger partial charge on any atom is 0.259 e. The molecule has 0 N–H and O–H groups in total. The number of ether oxygens (including phenoxy) is 2. The minimum absolute atomic E-state index is 0.0606. The maximum atomic E-state index is 13.6. The van der Waals surface area contributed by atoms with E-state index in [1.54, 1.807) is 13.2 Å². The van der Waals surface area contributed by atoms with Gasteiger partial charge in [0.05, 0.1) is 12.4 Å². The van der Waals surface area contributed by atoms with Crippen LogP contribution in [0.3, 0.4) is 0 Å². The zero-order chi connectivity index (χ0) is 22.4. The zero-order valence-corrected chi connectivity index (χ0v) is 18.4. The number of hydrogen-bond acceptors (Lipinski definition) is 3. The van der Waals surface area contributed by atoms with Crippen molar-refractivity contribution in [3.63, 3.8) is 0 Å². The Morgan fingerprint density at radius 2 is 1.71 bits per heavy atom. The Labute approximate surface area is 184 Å². The number of fused-ring (bicyclic) bond motifs is 1. The second kappa shape index (κ2) is 9.63. The van der Waals surface area contributed by atoms with Crippen molar-refractivity contribution in [3.05, 3.63) is 114 Å². The molecule has 0 aliphatic carbocycles. The van der Waals surface area contributed by atoms with Crippen molar-refractivity contribution in [1.82, 2.24) is 0 Å². The van der Waals surface area contributed by atoms with E-state index in [0.29, 0.717) is 18.8 Å². The molecule has 1 atom stereocenters. The molecule has 1 amide bonds. The summed E-state index contributed by atoms with van der Waals surface area (Å²) in [4.78, 5) is 15.4. The highest BCUT2D eigenvalue weighted by Gasteiger charge is 2.52. The van der Waals surface area contributed by atoms with Gasteiger partial charge in [-0.1, -0.05) is 61.7 Å². The fourth-order valence-electron chi connectivity index (χ4n) is 4.07. The summed E-state index contributed by atoms with van der Waals surface area (Å²) in [5, 5.41) is 0. The van der Waals surface area contributed by atoms with Crippen molar-refractivity contribution in [2.24, 2.45) is 0 Å². The highest BCUT2D eigenvalue weighted by atomic mass is 16.5. The molecule has 2 aromatic carbocycles. The second-order valence-corrected chi connectivity index (χ2v) is 7.43. The highest BCUT2D eigenvalue weighted by molar-refractivity contribution is 6.13. The molecule has 3 rings (SSSR count). The Hall–Kier alpha value is -3.37. The van der Waals surface area contributed by atoms with E-state index in [-0.39, 0.29) is 5.91 Å². The molecule has 160 valence electrons. The summed E-state index contributed by atoms with van der Waals surface area (Å²) in [6, 6.07) is 17.4. The third-order valence-electron chi connectivity index (χ3n) is 5.57. The van der Waals surface area contributed by atoms with Crippen LogP contribution < -0.4 is 4.90 Å². The number of carbonyl (C=O) groups excluding carboxylic acids is 1. The average Bonchev–Trinajstić information content (AvgIpc) is 3.07. The first kappa shape index (κ1) is 22.3. The van der Waals surface area contributed by atoms with Crippen molar-refractivity contribution in [3.8, 4) is 0 Å². The minimum atomic E-state index is -0.875. The lowest BCUT2D eigenvalue weighted by molar-refractivity contribution is 0.0986. The standard InChI is InChI=1S/C27H29NO3/c1-6-20(2)27(21(3)16-17-22(4)31-19-18-30-5)25-15-11-10-14-24(25)26(29)28(27)23-12-8-7-9-13-23/h6-17H,1-2,18-19H2,3-5H3/b21-16+,22-17+. The van der Waals surface area contributed by atoms with Crippen LogP contribution in [0.5, 0.6) is 0 Å². The summed E-state index contributed by atoms with van der Waals surface area (Å²) in [6.45, 7) is 13.2. The van der Waals surface area contributed by atoms with E-state index in [2.05, 4.69) is 13.2 Å². The van der Waals surface area contributed by atoms with Crippen LogP contribution >= 0.6 is 0 Å². The number of anilines is 1. The van der Waals surface area contributed by atoms with Crippen LogP contribution in [-0.2, 0) is 15.0 Å². The lowest BCUT2D eigenvalue weighted by Gasteiger charge is -2.41. The molecule has 0 spiro atoms. The number of carbonyl (C=O) groups is 1. The van der Waals surface area contributed by atoms with Crippen LogP contribution in [0.15, 0.2) is 103 Å². The molecule has 1 aliphatic heterocycles. The van der Waals surface area contributed by atoms with Gasteiger partial charge in [0.2, 0.25) is 0 Å². The van der Waals surface area contributed by atoms with Crippen LogP contribution in [0.1, 0.15) is 29.8 Å². The fourth-order valence-corrected chi connectivity index (χ4v) is 4.07. The Morgan fingerprint density at radius 3 is 2.39 bits per heavy atom. The van der Waals surface area contributed by atoms with Crippen molar-refractivity contribution < 1.29 is 14.3 Å². The smallest absolute Gasteiger partial charge is 0.259 e. The van der Waals surface area contributed by atoms with E-state index in [9.17, 15) is 4.79 Å². The van der Waals surface area contributed by atoms with Crippen LogP contribution in [0.2, 0.25) is 0 Å². The van der Waals surface area contributed by atoms with Crippen LogP contribution in [0.4, 0.5) is 5.69 Å². The van der Waals surface area contributed by atoms with Gasteiger partial charge in [0.25, 0.3) is 5.91 Å². The fraction of sp³-hybridized carbons (Fsp3) is 0.222. The van der Waals surface area contributed by atoms with Crippen LogP contribution in [0, 0.1) is 0 Å². The van der Waals surface area contributed by atoms with Gasteiger partial charge >= 0.3 is 0 Å². The Morgan fingerprint density at radius 1 is 1.03 bits per heavy atom. The van der Waals surface area contributed by atoms with Crippen LogP contribution in [0.25, 0.3) is 0 Å². The number of allylic oxidation sites excluding steroid dienone is 3. The molecule has 0 aromatic heterocycles. The van der Waals surface area contributed by atoms with E-state index in [1.165, 1.54) is 0 Å². The molecule has 1 heterocycles. The molecule has 31 heavy (non-hydrogen) atoms. The van der Waals surface area contributed by atoms with E-state index in [1.807, 2.05) is 85.5 Å². The molecule has 0 fully saturated rings. The molecular formula is C27H29NO3. The number of methoxy groups -OCH3 is 1. The van der Waals surface area contributed by atoms with Gasteiger partial charge in [-0.05, 0) is 54.8 Å². The van der Waals surface area contributed by atoms with Gasteiger partial charge in [-0.2, -0.15) is 0 Å². The minimum Gasteiger partial charge on any atom is -0.496 e. The van der Waals surface area contributed by atoms with Gasteiger partial charge in [0, 0.05) is 18.4 Å². The van der Waals surface area contributed by atoms with Gasteiger partial charge in [-0.25, -0.2) is 0 Å². The van der Waals surface area contributed by atoms with E-state index >= 15 is 0 Å². The first-order valence-corrected chi connectivity index (χ1v) is 10.3. The van der Waals surface area contributed by atoms with E-state index in [4.69, 9.17) is 9.47 Å². The van der Waals surface area contributed by atoms with Crippen molar-refractivity contribution in [2.45, 2.75) is 19.4 Å². The molecule has 0 saturated heterocycles. The Balaban J connectivity index is 2.20. The quantitative estimate of drug-likeness (QED) is 0.295. The SMILES string of the molecule is C=CC(=C)C1(/C(C)=C/C=C(\C)OCCOC)c2ccccc2C(=O)N1c1ccccc1. The van der Waals surface area contributed by atoms with Crippen molar-refractivity contribution >= 4 is 11.6 Å². The highest BCUT2D eigenvalue weighted by Crippen LogP contribution is 2.51. The molecule has 1 unspecified atom stereocenters. The number of amides is 1. The number of nitrogens with zero attached hydrogens (tertiary/aromatic N) is 1. The molecular weight excluding hydrogens is 386 g/mol.